The van der Waals surface area contributed by atoms with Crippen LogP contribution in [0.5, 0.6) is 0 Å². The van der Waals surface area contributed by atoms with Crippen LogP contribution in [0.2, 0.25) is 5.02 Å². The van der Waals surface area contributed by atoms with Crippen LogP contribution in [0.1, 0.15) is 46.7 Å². The Bertz CT molecular complexity index is 1290. The summed E-state index contributed by atoms with van der Waals surface area (Å²) in [6.07, 6.45) is -0.862. The monoisotopic (exact) mass is 530 g/mol. The molecule has 0 bridgehead atoms. The third kappa shape index (κ3) is 6.43. The van der Waals surface area contributed by atoms with Gasteiger partial charge in [0.05, 0.1) is 5.76 Å². The molecule has 5 nitrogen and oxygen atoms in total. The van der Waals surface area contributed by atoms with E-state index in [1.807, 2.05) is 24.3 Å². The summed E-state index contributed by atoms with van der Waals surface area (Å²) in [7, 11) is 0. The van der Waals surface area contributed by atoms with Gasteiger partial charge < -0.3 is 15.3 Å². The summed E-state index contributed by atoms with van der Waals surface area (Å²) in [4.78, 5) is 27.8. The van der Waals surface area contributed by atoms with E-state index in [0.717, 1.165) is 31.1 Å². The van der Waals surface area contributed by atoms with Crippen molar-refractivity contribution in [3.8, 4) is 0 Å². The van der Waals surface area contributed by atoms with E-state index in [9.17, 15) is 27.9 Å². The fourth-order valence-corrected chi connectivity index (χ4v) is 4.60. The molecular weight excluding hydrogens is 505 g/mol. The number of likely N-dealkylation sites (tertiary alicyclic amines) is 1. The number of aryl methyl sites for hydroxylation is 1. The normalized spacial score (nSPS) is 16.9. The minimum absolute atomic E-state index is 0.128. The zero-order valence-electron chi connectivity index (χ0n) is 20.1. The lowest BCUT2D eigenvalue weighted by Gasteiger charge is -2.32. The highest BCUT2D eigenvalue weighted by Crippen LogP contribution is 2.33. The molecule has 2 aliphatic rings. The molecule has 0 spiro atoms. The van der Waals surface area contributed by atoms with Crippen molar-refractivity contribution in [2.24, 2.45) is 0 Å². The van der Waals surface area contributed by atoms with Crippen LogP contribution in [-0.2, 0) is 4.79 Å². The van der Waals surface area contributed by atoms with E-state index in [4.69, 9.17) is 11.6 Å². The number of alkyl halides is 3. The molecule has 1 saturated heterocycles. The van der Waals surface area contributed by atoms with Crippen LogP contribution in [0, 0.1) is 6.92 Å². The van der Waals surface area contributed by atoms with Crippen LogP contribution >= 0.6 is 11.6 Å². The van der Waals surface area contributed by atoms with Crippen molar-refractivity contribution < 1.29 is 27.9 Å². The zero-order chi connectivity index (χ0) is 26.7. The Morgan fingerprint density at radius 2 is 1.73 bits per heavy atom. The van der Waals surface area contributed by atoms with E-state index in [-0.39, 0.29) is 11.5 Å². The first kappa shape index (κ1) is 26.5. The Kier molecular flexibility index (Phi) is 7.78. The van der Waals surface area contributed by atoms with Gasteiger partial charge in [0.25, 0.3) is 11.8 Å². The lowest BCUT2D eigenvalue weighted by molar-refractivity contribution is -0.112. The van der Waals surface area contributed by atoms with Gasteiger partial charge in [-0.05, 0) is 73.2 Å². The van der Waals surface area contributed by atoms with Crippen molar-refractivity contribution in [2.75, 3.05) is 18.4 Å². The number of piperidine rings is 1. The number of hydrogen-bond acceptors (Lipinski definition) is 3. The highest BCUT2D eigenvalue weighted by molar-refractivity contribution is 6.30. The van der Waals surface area contributed by atoms with Crippen LogP contribution in [0.25, 0.3) is 0 Å². The van der Waals surface area contributed by atoms with Gasteiger partial charge in [0.15, 0.2) is 0 Å². The smallest absolute Gasteiger partial charge is 0.413 e. The zero-order valence-corrected chi connectivity index (χ0v) is 20.9. The maximum atomic E-state index is 13.2. The first-order valence-corrected chi connectivity index (χ1v) is 12.2. The average molecular weight is 531 g/mol. The van der Waals surface area contributed by atoms with Crippen molar-refractivity contribution in [2.45, 2.75) is 38.3 Å². The Balaban J connectivity index is 1.45. The maximum Gasteiger partial charge on any atom is 0.413 e. The fourth-order valence-electron chi connectivity index (χ4n) is 4.48. The number of amides is 2. The van der Waals surface area contributed by atoms with Crippen LogP contribution in [-0.4, -0.2) is 41.1 Å². The number of nitrogens with one attached hydrogen (secondary N) is 1. The van der Waals surface area contributed by atoms with Crippen molar-refractivity contribution in [1.29, 1.82) is 0 Å². The molecule has 0 unspecified atom stereocenters. The first-order valence-electron chi connectivity index (χ1n) is 11.9. The quantitative estimate of drug-likeness (QED) is 0.453. The van der Waals surface area contributed by atoms with Gasteiger partial charge in [0.1, 0.15) is 0 Å². The van der Waals surface area contributed by atoms with Gasteiger partial charge in [-0.1, -0.05) is 35.9 Å². The van der Waals surface area contributed by atoms with Crippen molar-refractivity contribution >= 4 is 29.1 Å². The number of aliphatic hydroxyl groups excluding tert-OH is 1. The molecule has 4 rings (SSSR count). The van der Waals surface area contributed by atoms with E-state index >= 15 is 0 Å². The number of carbonyl (C=O) groups is 2. The number of carbonyl (C=O) groups excluding carboxylic acids is 2. The third-order valence-electron chi connectivity index (χ3n) is 6.64. The van der Waals surface area contributed by atoms with E-state index in [2.05, 4.69) is 5.32 Å². The minimum atomic E-state index is -4.61. The standard InChI is InChI=1S/C28H26ClF3N2O3/c1-17-2-3-21(27(37)34-12-10-19(11-13-34)18-5-8-23(29)9-6-18)15-25(17)33-26(36)20-4-7-22(28(30,31)32)16-24(35)14-20/h2-9,14-15,19,35H,10-13,16H2,1H3,(H,33,36). The largest absolute Gasteiger partial charge is 0.512 e. The van der Waals surface area contributed by atoms with Gasteiger partial charge >= 0.3 is 6.18 Å². The third-order valence-corrected chi connectivity index (χ3v) is 6.89. The summed E-state index contributed by atoms with van der Waals surface area (Å²) in [5.74, 6) is -1.07. The second kappa shape index (κ2) is 10.8. The van der Waals surface area contributed by atoms with Gasteiger partial charge in [0.2, 0.25) is 0 Å². The summed E-state index contributed by atoms with van der Waals surface area (Å²) in [5, 5.41) is 13.2. The molecule has 0 saturated carbocycles. The van der Waals surface area contributed by atoms with Crippen LogP contribution in [0.4, 0.5) is 18.9 Å². The second-order valence-corrected chi connectivity index (χ2v) is 9.66. The summed E-state index contributed by atoms with van der Waals surface area (Å²) < 4.78 is 39.1. The van der Waals surface area contributed by atoms with Crippen molar-refractivity contribution in [3.05, 3.63) is 99.3 Å². The van der Waals surface area contributed by atoms with Crippen LogP contribution in [0.3, 0.4) is 0 Å². The number of aliphatic hydroxyl groups is 1. The molecule has 2 amide bonds. The summed E-state index contributed by atoms with van der Waals surface area (Å²) in [6, 6.07) is 12.7. The number of anilines is 1. The van der Waals surface area contributed by atoms with Gasteiger partial charge in [-0.15, -0.1) is 0 Å². The number of halogens is 4. The van der Waals surface area contributed by atoms with Crippen molar-refractivity contribution in [3.63, 3.8) is 0 Å². The van der Waals surface area contributed by atoms with E-state index in [1.54, 1.807) is 30.0 Å². The fraction of sp³-hybridized carbons (Fsp3) is 0.286. The van der Waals surface area contributed by atoms with Crippen LogP contribution in [0.15, 0.2) is 77.6 Å². The molecule has 2 aromatic rings. The molecule has 0 aromatic heterocycles. The van der Waals surface area contributed by atoms with Crippen molar-refractivity contribution in [1.82, 2.24) is 4.90 Å². The average Bonchev–Trinajstić information content (AvgIpc) is 3.07. The number of benzene rings is 2. The number of allylic oxidation sites excluding steroid dienone is 3. The Morgan fingerprint density at radius 3 is 2.38 bits per heavy atom. The van der Waals surface area contributed by atoms with Gasteiger partial charge in [-0.25, -0.2) is 0 Å². The molecular formula is C28H26ClF3N2O3. The highest BCUT2D eigenvalue weighted by atomic mass is 35.5. The van der Waals surface area contributed by atoms with Crippen LogP contribution < -0.4 is 5.32 Å². The lowest BCUT2D eigenvalue weighted by atomic mass is 9.89. The number of nitrogens with zero attached hydrogens (tertiary/aromatic N) is 1. The summed E-state index contributed by atoms with van der Waals surface area (Å²) in [6.45, 7) is 2.93. The minimum Gasteiger partial charge on any atom is -0.512 e. The number of hydrogen-bond donors (Lipinski definition) is 2. The predicted octanol–water partition coefficient (Wildman–Crippen LogP) is 6.87. The number of rotatable bonds is 4. The topological polar surface area (TPSA) is 69.6 Å². The van der Waals surface area contributed by atoms with Gasteiger partial charge in [0, 0.05) is 46.9 Å². The Labute approximate surface area is 217 Å². The molecule has 2 aromatic carbocycles. The van der Waals surface area contributed by atoms with Gasteiger partial charge in [-0.3, -0.25) is 9.59 Å². The molecule has 0 radical (unpaired) electrons. The molecule has 9 heteroatoms. The molecule has 37 heavy (non-hydrogen) atoms. The first-order chi connectivity index (χ1) is 17.5. The van der Waals surface area contributed by atoms with E-state index < -0.39 is 29.8 Å². The second-order valence-electron chi connectivity index (χ2n) is 9.23. The lowest BCUT2D eigenvalue weighted by Crippen LogP contribution is -2.38. The molecule has 2 N–H and O–H groups in total. The Morgan fingerprint density at radius 1 is 1.05 bits per heavy atom. The van der Waals surface area contributed by atoms with E-state index in [0.29, 0.717) is 40.8 Å². The molecule has 1 fully saturated rings. The summed E-state index contributed by atoms with van der Waals surface area (Å²) in [5.41, 5.74) is 1.57. The Hall–Kier alpha value is -3.52. The SMILES string of the molecule is Cc1ccc(C(=O)N2CCC(c3ccc(Cl)cc3)CC2)cc1NC(=O)C1=CC=C(C(F)(F)F)CC(O)=C1. The summed E-state index contributed by atoms with van der Waals surface area (Å²) >= 11 is 5.98. The van der Waals surface area contributed by atoms with Gasteiger partial charge in [-0.2, -0.15) is 13.2 Å². The van der Waals surface area contributed by atoms with E-state index in [1.165, 1.54) is 5.56 Å². The highest BCUT2D eigenvalue weighted by Gasteiger charge is 2.34. The maximum absolute atomic E-state index is 13.2. The molecule has 194 valence electrons. The molecule has 1 aliphatic heterocycles. The predicted molar refractivity (Wildman–Crippen MR) is 137 cm³/mol. The molecule has 0 atom stereocenters. The molecule has 1 heterocycles. The molecule has 1 aliphatic carbocycles.